The van der Waals surface area contributed by atoms with Gasteiger partial charge in [-0.15, -0.1) is 11.3 Å². The van der Waals surface area contributed by atoms with Gasteiger partial charge in [0.25, 0.3) is 0 Å². The molecular formula is C12H9Br2ClOS. The van der Waals surface area contributed by atoms with E-state index in [0.29, 0.717) is 5.02 Å². The third-order valence-electron chi connectivity index (χ3n) is 2.49. The molecule has 0 amide bonds. The lowest BCUT2D eigenvalue weighted by atomic mass is 10.0. The molecule has 5 heteroatoms. The highest BCUT2D eigenvalue weighted by molar-refractivity contribution is 9.12. The topological polar surface area (TPSA) is 20.2 Å². The van der Waals surface area contributed by atoms with Crippen LogP contribution >= 0.6 is 54.8 Å². The highest BCUT2D eigenvalue weighted by Gasteiger charge is 2.17. The summed E-state index contributed by atoms with van der Waals surface area (Å²) in [5, 5.41) is 11.0. The van der Waals surface area contributed by atoms with Crippen molar-refractivity contribution in [1.29, 1.82) is 0 Å². The molecule has 1 N–H and O–H groups in total. The summed E-state index contributed by atoms with van der Waals surface area (Å²) >= 11 is 14.4. The predicted octanol–water partition coefficient (Wildman–Crippen LogP) is 5.32. The van der Waals surface area contributed by atoms with Crippen LogP contribution < -0.4 is 0 Å². The molecule has 0 aliphatic rings. The van der Waals surface area contributed by atoms with Crippen LogP contribution in [0.1, 0.15) is 22.8 Å². The second-order valence-corrected chi connectivity index (χ2v) is 7.85. The van der Waals surface area contributed by atoms with E-state index >= 15 is 0 Å². The lowest BCUT2D eigenvalue weighted by Crippen LogP contribution is -1.99. The van der Waals surface area contributed by atoms with Crippen molar-refractivity contribution in [3.05, 3.63) is 53.6 Å². The van der Waals surface area contributed by atoms with Crippen LogP contribution in [-0.2, 0) is 0 Å². The Labute approximate surface area is 126 Å². The lowest BCUT2D eigenvalue weighted by molar-refractivity contribution is 0.220. The average molecular weight is 397 g/mol. The number of benzene rings is 1. The maximum atomic E-state index is 10.3. The van der Waals surface area contributed by atoms with Gasteiger partial charge in [0.05, 0.1) is 7.57 Å². The van der Waals surface area contributed by atoms with E-state index in [1.54, 1.807) is 6.07 Å². The molecule has 0 spiro atoms. The van der Waals surface area contributed by atoms with Gasteiger partial charge in [0, 0.05) is 10.6 Å². The van der Waals surface area contributed by atoms with E-state index in [1.807, 2.05) is 25.1 Å². The van der Waals surface area contributed by atoms with Gasteiger partial charge in [0.2, 0.25) is 0 Å². The smallest absolute Gasteiger partial charge is 0.106 e. The third-order valence-corrected chi connectivity index (χ3v) is 5.28. The van der Waals surface area contributed by atoms with E-state index in [0.717, 1.165) is 24.3 Å². The molecule has 1 nitrogen and oxygen atoms in total. The molecule has 90 valence electrons. The van der Waals surface area contributed by atoms with Crippen LogP contribution in [0.15, 0.2) is 31.8 Å². The Hall–Kier alpha value is 0.130. The maximum Gasteiger partial charge on any atom is 0.106 e. The van der Waals surface area contributed by atoms with E-state index in [2.05, 4.69) is 31.9 Å². The zero-order valence-corrected chi connectivity index (χ0v) is 13.6. The Morgan fingerprint density at radius 2 is 2.00 bits per heavy atom. The van der Waals surface area contributed by atoms with Crippen molar-refractivity contribution in [2.24, 2.45) is 0 Å². The van der Waals surface area contributed by atoms with Crippen molar-refractivity contribution in [1.82, 2.24) is 0 Å². The van der Waals surface area contributed by atoms with Crippen molar-refractivity contribution >= 4 is 54.8 Å². The zero-order chi connectivity index (χ0) is 12.6. The fraction of sp³-hybridized carbons (Fsp3) is 0.167. The van der Waals surface area contributed by atoms with Crippen LogP contribution in [0.3, 0.4) is 0 Å². The van der Waals surface area contributed by atoms with Gasteiger partial charge in [-0.1, -0.05) is 23.7 Å². The third kappa shape index (κ3) is 2.93. The number of hydrogen-bond donors (Lipinski definition) is 1. The van der Waals surface area contributed by atoms with Crippen LogP contribution in [0.25, 0.3) is 0 Å². The van der Waals surface area contributed by atoms with E-state index in [-0.39, 0.29) is 0 Å². The number of halogens is 3. The van der Waals surface area contributed by atoms with Crippen LogP contribution in [-0.4, -0.2) is 5.11 Å². The second-order valence-electron chi connectivity index (χ2n) is 3.69. The maximum absolute atomic E-state index is 10.3. The van der Waals surface area contributed by atoms with Gasteiger partial charge in [-0.2, -0.15) is 0 Å². The van der Waals surface area contributed by atoms with E-state index < -0.39 is 6.10 Å². The first kappa shape index (κ1) is 13.6. The molecule has 1 atom stereocenters. The van der Waals surface area contributed by atoms with Gasteiger partial charge in [-0.3, -0.25) is 0 Å². The molecule has 0 bridgehead atoms. The molecule has 0 aliphatic heterocycles. The summed E-state index contributed by atoms with van der Waals surface area (Å²) in [7, 11) is 0. The molecule has 2 aromatic rings. The standard InChI is InChI=1S/C12H9Br2ClOS/c1-6-2-3-7(4-9(6)15)11(16)8-5-10(13)17-12(8)14/h2-5,11,16H,1H3. The average Bonchev–Trinajstić information content (AvgIpc) is 2.61. The van der Waals surface area contributed by atoms with Gasteiger partial charge < -0.3 is 5.11 Å². The summed E-state index contributed by atoms with van der Waals surface area (Å²) in [4.78, 5) is 0. The summed E-state index contributed by atoms with van der Waals surface area (Å²) in [6.45, 7) is 1.94. The fourth-order valence-corrected chi connectivity index (χ4v) is 4.57. The van der Waals surface area contributed by atoms with Crippen molar-refractivity contribution in [2.45, 2.75) is 13.0 Å². The van der Waals surface area contributed by atoms with Gasteiger partial charge in [-0.05, 0) is 62.0 Å². The summed E-state index contributed by atoms with van der Waals surface area (Å²) in [6, 6.07) is 7.52. The Bertz CT molecular complexity index is 553. The zero-order valence-electron chi connectivity index (χ0n) is 8.88. The molecule has 0 saturated carbocycles. The summed E-state index contributed by atoms with van der Waals surface area (Å²) in [6.07, 6.45) is -0.662. The molecule has 0 radical (unpaired) electrons. The highest BCUT2D eigenvalue weighted by Crippen LogP contribution is 2.38. The van der Waals surface area contributed by atoms with Crippen molar-refractivity contribution < 1.29 is 5.11 Å². The number of hydrogen-bond acceptors (Lipinski definition) is 2. The van der Waals surface area contributed by atoms with Crippen LogP contribution in [0.4, 0.5) is 0 Å². The van der Waals surface area contributed by atoms with E-state index in [1.165, 1.54) is 11.3 Å². The van der Waals surface area contributed by atoms with Gasteiger partial charge >= 0.3 is 0 Å². The molecule has 1 aromatic heterocycles. The number of rotatable bonds is 2. The number of aryl methyl sites for hydroxylation is 1. The Kier molecular flexibility index (Phi) is 4.31. The quantitative estimate of drug-likeness (QED) is 0.729. The summed E-state index contributed by atoms with van der Waals surface area (Å²) in [5.41, 5.74) is 2.65. The first-order valence-electron chi connectivity index (χ1n) is 4.88. The fourth-order valence-electron chi connectivity index (χ4n) is 1.50. The molecule has 2 rings (SSSR count). The first-order valence-corrected chi connectivity index (χ1v) is 7.66. The molecular weight excluding hydrogens is 387 g/mol. The molecule has 0 fully saturated rings. The Morgan fingerprint density at radius 3 is 2.53 bits per heavy atom. The number of aliphatic hydroxyl groups is 1. The minimum Gasteiger partial charge on any atom is -0.384 e. The van der Waals surface area contributed by atoms with Gasteiger partial charge in [-0.25, -0.2) is 0 Å². The molecule has 1 aromatic carbocycles. The van der Waals surface area contributed by atoms with Crippen LogP contribution in [0.2, 0.25) is 5.02 Å². The van der Waals surface area contributed by atoms with Crippen LogP contribution in [0.5, 0.6) is 0 Å². The minimum atomic E-state index is -0.662. The molecule has 1 heterocycles. The lowest BCUT2D eigenvalue weighted by Gasteiger charge is -2.11. The molecule has 1 unspecified atom stereocenters. The van der Waals surface area contributed by atoms with Crippen molar-refractivity contribution in [3.8, 4) is 0 Å². The predicted molar refractivity (Wildman–Crippen MR) is 80.0 cm³/mol. The van der Waals surface area contributed by atoms with Crippen molar-refractivity contribution in [2.75, 3.05) is 0 Å². The van der Waals surface area contributed by atoms with Gasteiger partial charge in [0.1, 0.15) is 6.10 Å². The minimum absolute atomic E-state index is 0.662. The molecule has 0 aliphatic carbocycles. The summed E-state index contributed by atoms with van der Waals surface area (Å²) < 4.78 is 1.91. The first-order chi connectivity index (χ1) is 7.99. The Morgan fingerprint density at radius 1 is 1.29 bits per heavy atom. The Balaban J connectivity index is 2.40. The normalized spacial score (nSPS) is 12.8. The molecule has 17 heavy (non-hydrogen) atoms. The second kappa shape index (κ2) is 5.41. The van der Waals surface area contributed by atoms with Crippen LogP contribution in [0, 0.1) is 6.92 Å². The number of thiophene rings is 1. The largest absolute Gasteiger partial charge is 0.384 e. The molecule has 0 saturated heterocycles. The SMILES string of the molecule is Cc1ccc(C(O)c2cc(Br)sc2Br)cc1Cl. The van der Waals surface area contributed by atoms with Crippen molar-refractivity contribution in [3.63, 3.8) is 0 Å². The monoisotopic (exact) mass is 394 g/mol. The van der Waals surface area contributed by atoms with E-state index in [4.69, 9.17) is 11.6 Å². The van der Waals surface area contributed by atoms with E-state index in [9.17, 15) is 5.11 Å². The van der Waals surface area contributed by atoms with Gasteiger partial charge in [0.15, 0.2) is 0 Å². The summed E-state index contributed by atoms with van der Waals surface area (Å²) in [5.74, 6) is 0. The number of aliphatic hydroxyl groups excluding tert-OH is 1. The highest BCUT2D eigenvalue weighted by atomic mass is 79.9.